The molecule has 0 saturated carbocycles. The Labute approximate surface area is 328 Å². The number of hydrogen-bond acceptors (Lipinski definition) is 12. The third kappa shape index (κ3) is 13.2. The molecule has 14 heteroatoms. The van der Waals surface area contributed by atoms with Gasteiger partial charge in [0, 0.05) is 19.5 Å². The number of hydrogen-bond donors (Lipinski definition) is 0. The van der Waals surface area contributed by atoms with Gasteiger partial charge in [0.05, 0.1) is 123 Å². The topological polar surface area (TPSA) is 141 Å². The average molecular weight is 779 g/mol. The Bertz CT molecular complexity index is 1570. The van der Waals surface area contributed by atoms with Gasteiger partial charge in [0.25, 0.3) is 11.8 Å². The molecule has 56 heavy (non-hydrogen) atoms. The van der Waals surface area contributed by atoms with Crippen LogP contribution in [0.4, 0.5) is 4.79 Å². The minimum atomic E-state index is -0.372. The fourth-order valence-corrected chi connectivity index (χ4v) is 6.24. The maximum atomic E-state index is 12.6. The smallest absolute Gasteiger partial charge is 0.409 e. The fourth-order valence-electron chi connectivity index (χ4n) is 6.24. The molecule has 3 amide bonds. The van der Waals surface area contributed by atoms with E-state index in [1.165, 1.54) is 32.1 Å². The molecule has 304 valence electrons. The van der Waals surface area contributed by atoms with Crippen molar-refractivity contribution in [2.75, 3.05) is 132 Å². The average Bonchev–Trinajstić information content (AvgIpc) is 3.67. The number of fused-ring (bicyclic) bond motifs is 4. The predicted molar refractivity (Wildman–Crippen MR) is 206 cm³/mol. The lowest BCUT2D eigenvalue weighted by molar-refractivity contribution is -0.0235. The van der Waals surface area contributed by atoms with Gasteiger partial charge in [0.2, 0.25) is 0 Å². The standard InChI is InChI=1S/C42H54N2O12/c1-43(42(47)56-32-39-35-10-4-2-8-33(35)34-9-3-5-11-36(34)39)14-16-48-18-20-50-22-24-52-26-28-54-30-31-55-29-27-53-25-23-51-21-19-49-17-15-44-40(45)37-12-6-7-13-38(37)41(44)46/h2-13,39H,14-32H2,1H3. The quantitative estimate of drug-likeness (QED) is 0.0734. The molecule has 1 aliphatic heterocycles. The van der Waals surface area contributed by atoms with Gasteiger partial charge in [-0.3, -0.25) is 14.5 Å². The minimum absolute atomic E-state index is 0.0316. The summed E-state index contributed by atoms with van der Waals surface area (Å²) < 4.78 is 49.8. The van der Waals surface area contributed by atoms with Crippen molar-refractivity contribution in [3.8, 4) is 11.1 Å². The van der Waals surface area contributed by atoms with Crippen LogP contribution in [0.25, 0.3) is 11.1 Å². The maximum absolute atomic E-state index is 12.6. The lowest BCUT2D eigenvalue weighted by Gasteiger charge is -2.19. The molecule has 0 N–H and O–H groups in total. The molecule has 0 aromatic heterocycles. The Hall–Kier alpha value is -4.25. The van der Waals surface area contributed by atoms with Crippen LogP contribution in [0.3, 0.4) is 0 Å². The van der Waals surface area contributed by atoms with Gasteiger partial charge in [-0.25, -0.2) is 4.79 Å². The molecule has 0 fully saturated rings. The van der Waals surface area contributed by atoms with E-state index in [1.807, 2.05) is 24.3 Å². The molecular weight excluding hydrogens is 724 g/mol. The predicted octanol–water partition coefficient (Wildman–Crippen LogP) is 4.30. The van der Waals surface area contributed by atoms with E-state index in [0.29, 0.717) is 123 Å². The SMILES string of the molecule is CN(CCOCCOCCOCCOCCOCCOCCOCCOCCN1C(=O)c2ccccc2C1=O)C(=O)OCC1c2ccccc2-c2ccccc21. The highest BCUT2D eigenvalue weighted by molar-refractivity contribution is 6.21. The van der Waals surface area contributed by atoms with Crippen molar-refractivity contribution in [2.45, 2.75) is 5.92 Å². The number of nitrogens with zero attached hydrogens (tertiary/aromatic N) is 2. The van der Waals surface area contributed by atoms with Gasteiger partial charge < -0.3 is 47.5 Å². The number of benzene rings is 3. The third-order valence-corrected chi connectivity index (χ3v) is 9.16. The first-order chi connectivity index (χ1) is 27.6. The zero-order valence-corrected chi connectivity index (χ0v) is 32.2. The second kappa shape index (κ2) is 24.4. The molecule has 5 rings (SSSR count). The first kappa shape index (κ1) is 42.9. The summed E-state index contributed by atoms with van der Waals surface area (Å²) in [6.45, 7) is 7.68. The van der Waals surface area contributed by atoms with E-state index in [1.54, 1.807) is 31.3 Å². The van der Waals surface area contributed by atoms with Crippen LogP contribution in [-0.4, -0.2) is 160 Å². The Morgan fingerprint density at radius 3 is 1.25 bits per heavy atom. The number of amides is 3. The number of carbonyl (C=O) groups is 3. The van der Waals surface area contributed by atoms with Crippen molar-refractivity contribution >= 4 is 17.9 Å². The lowest BCUT2D eigenvalue weighted by atomic mass is 9.98. The van der Waals surface area contributed by atoms with E-state index in [-0.39, 0.29) is 37.0 Å². The second-order valence-electron chi connectivity index (χ2n) is 12.9. The summed E-state index contributed by atoms with van der Waals surface area (Å²) in [5, 5.41) is 0. The number of rotatable bonds is 29. The van der Waals surface area contributed by atoms with Gasteiger partial charge in [0.15, 0.2) is 0 Å². The largest absolute Gasteiger partial charge is 0.448 e. The normalized spacial score (nSPS) is 13.3. The van der Waals surface area contributed by atoms with Crippen LogP contribution in [0.1, 0.15) is 37.8 Å². The van der Waals surface area contributed by atoms with E-state index < -0.39 is 0 Å². The number of ether oxygens (including phenoxy) is 9. The van der Waals surface area contributed by atoms with Crippen molar-refractivity contribution in [1.29, 1.82) is 0 Å². The third-order valence-electron chi connectivity index (χ3n) is 9.16. The van der Waals surface area contributed by atoms with Gasteiger partial charge in [-0.15, -0.1) is 0 Å². The lowest BCUT2D eigenvalue weighted by Crippen LogP contribution is -2.33. The molecule has 0 radical (unpaired) electrons. The van der Waals surface area contributed by atoms with Crippen LogP contribution in [-0.2, 0) is 42.6 Å². The summed E-state index contributed by atoms with van der Waals surface area (Å²) in [6, 6.07) is 23.4. The first-order valence-corrected chi connectivity index (χ1v) is 19.2. The molecule has 3 aromatic rings. The van der Waals surface area contributed by atoms with Crippen molar-refractivity contribution in [1.82, 2.24) is 9.80 Å². The Kier molecular flexibility index (Phi) is 18.7. The fraction of sp³-hybridized carbons (Fsp3) is 0.500. The van der Waals surface area contributed by atoms with Gasteiger partial charge in [-0.1, -0.05) is 60.7 Å². The Balaban J connectivity index is 0.719. The highest BCUT2D eigenvalue weighted by Gasteiger charge is 2.34. The number of likely N-dealkylation sites (N-methyl/N-ethyl adjacent to an activating group) is 1. The molecule has 0 saturated heterocycles. The molecule has 1 aliphatic carbocycles. The minimum Gasteiger partial charge on any atom is -0.448 e. The molecule has 3 aromatic carbocycles. The Morgan fingerprint density at radius 1 is 0.500 bits per heavy atom. The summed E-state index contributed by atoms with van der Waals surface area (Å²) >= 11 is 0. The highest BCUT2D eigenvalue weighted by Crippen LogP contribution is 2.44. The van der Waals surface area contributed by atoms with Crippen molar-refractivity contribution in [3.05, 3.63) is 95.1 Å². The van der Waals surface area contributed by atoms with E-state index >= 15 is 0 Å². The maximum Gasteiger partial charge on any atom is 0.409 e. The Morgan fingerprint density at radius 2 is 0.839 bits per heavy atom. The zero-order valence-electron chi connectivity index (χ0n) is 32.2. The second-order valence-corrected chi connectivity index (χ2v) is 12.9. The van der Waals surface area contributed by atoms with E-state index in [4.69, 9.17) is 42.6 Å². The summed E-state index contributed by atoms with van der Waals surface area (Å²) in [4.78, 5) is 40.0. The number of imide groups is 1. The molecule has 0 bridgehead atoms. The van der Waals surface area contributed by atoms with Gasteiger partial charge in [-0.05, 0) is 34.4 Å². The molecular formula is C42H54N2O12. The molecule has 2 aliphatic rings. The molecule has 0 unspecified atom stereocenters. The summed E-state index contributed by atoms with van der Waals surface area (Å²) in [5.74, 6) is -0.532. The van der Waals surface area contributed by atoms with E-state index in [0.717, 1.165) is 0 Å². The molecule has 1 heterocycles. The highest BCUT2D eigenvalue weighted by atomic mass is 16.6. The zero-order chi connectivity index (χ0) is 39.2. The summed E-state index contributed by atoms with van der Waals surface area (Å²) in [5.41, 5.74) is 5.65. The van der Waals surface area contributed by atoms with Gasteiger partial charge in [-0.2, -0.15) is 0 Å². The molecule has 0 atom stereocenters. The van der Waals surface area contributed by atoms with E-state index in [9.17, 15) is 14.4 Å². The van der Waals surface area contributed by atoms with Gasteiger partial charge >= 0.3 is 6.09 Å². The number of carbonyl (C=O) groups excluding carboxylic acids is 3. The van der Waals surface area contributed by atoms with Crippen LogP contribution in [0.5, 0.6) is 0 Å². The molecule has 14 nitrogen and oxygen atoms in total. The van der Waals surface area contributed by atoms with Gasteiger partial charge in [0.1, 0.15) is 6.61 Å². The first-order valence-electron chi connectivity index (χ1n) is 19.2. The monoisotopic (exact) mass is 778 g/mol. The van der Waals surface area contributed by atoms with E-state index in [2.05, 4.69) is 24.3 Å². The van der Waals surface area contributed by atoms with Crippen LogP contribution < -0.4 is 0 Å². The molecule has 0 spiro atoms. The summed E-state index contributed by atoms with van der Waals surface area (Å²) in [7, 11) is 1.71. The van der Waals surface area contributed by atoms with Crippen LogP contribution in [0, 0.1) is 0 Å². The van der Waals surface area contributed by atoms with Crippen LogP contribution in [0.15, 0.2) is 72.8 Å². The van der Waals surface area contributed by atoms with Crippen molar-refractivity contribution in [2.24, 2.45) is 0 Å². The van der Waals surface area contributed by atoms with Crippen molar-refractivity contribution < 1.29 is 57.0 Å². The van der Waals surface area contributed by atoms with Crippen molar-refractivity contribution in [3.63, 3.8) is 0 Å². The summed E-state index contributed by atoms with van der Waals surface area (Å²) in [6.07, 6.45) is -0.372. The van der Waals surface area contributed by atoms with Crippen LogP contribution in [0.2, 0.25) is 0 Å². The van der Waals surface area contributed by atoms with Crippen LogP contribution >= 0.6 is 0 Å².